The first kappa shape index (κ1) is 13.9. The number of halogens is 1. The molecule has 0 bridgehead atoms. The van der Waals surface area contributed by atoms with Crippen LogP contribution in [-0.2, 0) is 4.79 Å². The SMILES string of the molecule is CC(C)(C)NC(CCl)C(=O)C(C)(C)C. The van der Waals surface area contributed by atoms with Crippen LogP contribution < -0.4 is 5.32 Å². The molecule has 0 aliphatic carbocycles. The number of nitrogens with one attached hydrogen (secondary N) is 1. The molecule has 0 saturated carbocycles. The summed E-state index contributed by atoms with van der Waals surface area (Å²) in [5, 5.41) is 3.23. The van der Waals surface area contributed by atoms with Gasteiger partial charge in [0.1, 0.15) is 0 Å². The van der Waals surface area contributed by atoms with Gasteiger partial charge < -0.3 is 5.32 Å². The standard InChI is InChI=1S/C11H22ClNO/c1-10(2,3)9(14)8(7-12)13-11(4,5)6/h8,13H,7H2,1-6H3. The van der Waals surface area contributed by atoms with Crippen molar-refractivity contribution in [2.45, 2.75) is 53.1 Å². The topological polar surface area (TPSA) is 29.1 Å². The Morgan fingerprint density at radius 1 is 1.21 bits per heavy atom. The summed E-state index contributed by atoms with van der Waals surface area (Å²) in [6.07, 6.45) is 0. The Labute approximate surface area is 92.4 Å². The molecule has 0 aromatic carbocycles. The smallest absolute Gasteiger partial charge is 0.156 e. The first-order valence-corrected chi connectivity index (χ1v) is 5.49. The minimum atomic E-state index is -0.336. The van der Waals surface area contributed by atoms with E-state index in [9.17, 15) is 4.79 Å². The van der Waals surface area contributed by atoms with Crippen molar-refractivity contribution in [1.82, 2.24) is 5.32 Å². The molecule has 3 heteroatoms. The van der Waals surface area contributed by atoms with E-state index in [0.717, 1.165) is 0 Å². The van der Waals surface area contributed by atoms with Crippen molar-refractivity contribution in [1.29, 1.82) is 0 Å². The number of Topliss-reactive ketones (excluding diaryl/α,β-unsaturated/α-hetero) is 1. The number of carbonyl (C=O) groups excluding carboxylic acids is 1. The molecule has 0 aliphatic heterocycles. The minimum Gasteiger partial charge on any atom is -0.302 e. The second kappa shape index (κ2) is 4.63. The van der Waals surface area contributed by atoms with Crippen molar-refractivity contribution in [2.75, 3.05) is 5.88 Å². The van der Waals surface area contributed by atoms with Crippen LogP contribution in [0.2, 0.25) is 0 Å². The van der Waals surface area contributed by atoms with E-state index in [4.69, 9.17) is 11.6 Å². The van der Waals surface area contributed by atoms with Gasteiger partial charge in [-0.05, 0) is 20.8 Å². The monoisotopic (exact) mass is 219 g/mol. The molecule has 0 aliphatic rings. The van der Waals surface area contributed by atoms with E-state index in [1.54, 1.807) is 0 Å². The number of alkyl halides is 1. The Morgan fingerprint density at radius 3 is 1.86 bits per heavy atom. The predicted molar refractivity (Wildman–Crippen MR) is 61.9 cm³/mol. The summed E-state index contributed by atoms with van der Waals surface area (Å²) in [7, 11) is 0. The molecular formula is C11H22ClNO. The zero-order chi connectivity index (χ0) is 11.6. The van der Waals surface area contributed by atoms with Crippen molar-refractivity contribution in [3.8, 4) is 0 Å². The molecule has 0 radical (unpaired) electrons. The minimum absolute atomic E-state index is 0.0829. The molecule has 14 heavy (non-hydrogen) atoms. The molecule has 0 rings (SSSR count). The fourth-order valence-corrected chi connectivity index (χ4v) is 1.44. The number of rotatable bonds is 3. The number of carbonyl (C=O) groups is 1. The van der Waals surface area contributed by atoms with Crippen LogP contribution in [0.1, 0.15) is 41.5 Å². The van der Waals surface area contributed by atoms with Gasteiger partial charge in [0, 0.05) is 16.8 Å². The molecule has 0 fully saturated rings. The number of hydrogen-bond donors (Lipinski definition) is 1. The van der Waals surface area contributed by atoms with Crippen LogP contribution in [0.3, 0.4) is 0 Å². The molecule has 1 N–H and O–H groups in total. The lowest BCUT2D eigenvalue weighted by molar-refractivity contribution is -0.128. The lowest BCUT2D eigenvalue weighted by atomic mass is 9.86. The van der Waals surface area contributed by atoms with Crippen LogP contribution >= 0.6 is 11.6 Å². The van der Waals surface area contributed by atoms with Gasteiger partial charge in [-0.3, -0.25) is 4.79 Å². The molecule has 0 aromatic heterocycles. The van der Waals surface area contributed by atoms with E-state index < -0.39 is 0 Å². The summed E-state index contributed by atoms with van der Waals surface area (Å²) < 4.78 is 0. The molecule has 0 saturated heterocycles. The molecule has 2 nitrogen and oxygen atoms in total. The maximum atomic E-state index is 11.9. The van der Waals surface area contributed by atoms with Gasteiger partial charge in [0.15, 0.2) is 5.78 Å². The average molecular weight is 220 g/mol. The fourth-order valence-electron chi connectivity index (χ4n) is 1.22. The zero-order valence-corrected chi connectivity index (χ0v) is 10.8. The summed E-state index contributed by atoms with van der Waals surface area (Å²) in [5.41, 5.74) is -0.418. The van der Waals surface area contributed by atoms with Gasteiger partial charge in [-0.15, -0.1) is 11.6 Å². The quantitative estimate of drug-likeness (QED) is 0.740. The molecule has 1 atom stereocenters. The van der Waals surface area contributed by atoms with Crippen molar-refractivity contribution < 1.29 is 4.79 Å². The van der Waals surface area contributed by atoms with Crippen LogP contribution in [0, 0.1) is 5.41 Å². The Bertz CT molecular complexity index is 200. The Morgan fingerprint density at radius 2 is 1.64 bits per heavy atom. The van der Waals surface area contributed by atoms with Gasteiger partial charge in [-0.25, -0.2) is 0 Å². The Hall–Kier alpha value is -0.0800. The third-order valence-electron chi connectivity index (χ3n) is 1.82. The molecule has 0 aromatic rings. The van der Waals surface area contributed by atoms with Gasteiger partial charge in [-0.1, -0.05) is 20.8 Å². The third-order valence-corrected chi connectivity index (χ3v) is 2.13. The summed E-state index contributed by atoms with van der Waals surface area (Å²) in [4.78, 5) is 11.9. The van der Waals surface area contributed by atoms with E-state index >= 15 is 0 Å². The summed E-state index contributed by atoms with van der Waals surface area (Å²) in [6, 6.07) is -0.253. The first-order chi connectivity index (χ1) is 6.08. The van der Waals surface area contributed by atoms with Gasteiger partial charge in [-0.2, -0.15) is 0 Å². The summed E-state index contributed by atoms with van der Waals surface area (Å²) >= 11 is 5.79. The molecular weight excluding hydrogens is 198 g/mol. The van der Waals surface area contributed by atoms with Gasteiger partial charge in [0.2, 0.25) is 0 Å². The van der Waals surface area contributed by atoms with Crippen LogP contribution in [0.5, 0.6) is 0 Å². The fraction of sp³-hybridized carbons (Fsp3) is 0.909. The lowest BCUT2D eigenvalue weighted by Gasteiger charge is -2.30. The Kier molecular flexibility index (Phi) is 4.60. The molecule has 1 unspecified atom stereocenters. The third kappa shape index (κ3) is 4.97. The van der Waals surface area contributed by atoms with E-state index in [-0.39, 0.29) is 22.8 Å². The normalized spacial score (nSPS) is 15.4. The molecule has 84 valence electrons. The van der Waals surface area contributed by atoms with Gasteiger partial charge in [0.05, 0.1) is 6.04 Å². The van der Waals surface area contributed by atoms with Gasteiger partial charge in [0.25, 0.3) is 0 Å². The van der Waals surface area contributed by atoms with E-state index in [1.165, 1.54) is 0 Å². The van der Waals surface area contributed by atoms with Crippen LogP contribution in [-0.4, -0.2) is 23.2 Å². The van der Waals surface area contributed by atoms with Crippen molar-refractivity contribution >= 4 is 17.4 Å². The molecule has 0 spiro atoms. The predicted octanol–water partition coefficient (Wildman–Crippen LogP) is 2.60. The largest absolute Gasteiger partial charge is 0.302 e. The van der Waals surface area contributed by atoms with Crippen LogP contribution in [0.25, 0.3) is 0 Å². The van der Waals surface area contributed by atoms with Gasteiger partial charge >= 0.3 is 0 Å². The second-order valence-electron chi connectivity index (χ2n) is 5.72. The first-order valence-electron chi connectivity index (χ1n) is 4.96. The second-order valence-corrected chi connectivity index (χ2v) is 6.02. The van der Waals surface area contributed by atoms with Crippen LogP contribution in [0.4, 0.5) is 0 Å². The average Bonchev–Trinajstić information content (AvgIpc) is 1.95. The lowest BCUT2D eigenvalue weighted by Crippen LogP contribution is -2.51. The maximum Gasteiger partial charge on any atom is 0.156 e. The van der Waals surface area contributed by atoms with Crippen molar-refractivity contribution in [2.24, 2.45) is 5.41 Å². The zero-order valence-electron chi connectivity index (χ0n) is 10.1. The highest BCUT2D eigenvalue weighted by molar-refractivity contribution is 6.20. The van der Waals surface area contributed by atoms with Crippen LogP contribution in [0.15, 0.2) is 0 Å². The summed E-state index contributed by atoms with van der Waals surface area (Å²) in [5.74, 6) is 0.496. The van der Waals surface area contributed by atoms with E-state index in [0.29, 0.717) is 5.88 Å². The summed E-state index contributed by atoms with van der Waals surface area (Å²) in [6.45, 7) is 11.8. The number of ketones is 1. The maximum absolute atomic E-state index is 11.9. The highest BCUT2D eigenvalue weighted by atomic mass is 35.5. The highest BCUT2D eigenvalue weighted by Gasteiger charge is 2.31. The Balaban J connectivity index is 4.51. The number of hydrogen-bond acceptors (Lipinski definition) is 2. The molecule has 0 heterocycles. The highest BCUT2D eigenvalue weighted by Crippen LogP contribution is 2.18. The van der Waals surface area contributed by atoms with Crippen molar-refractivity contribution in [3.63, 3.8) is 0 Å². The molecule has 0 amide bonds. The van der Waals surface area contributed by atoms with E-state index in [1.807, 2.05) is 41.5 Å². The van der Waals surface area contributed by atoms with E-state index in [2.05, 4.69) is 5.32 Å². The van der Waals surface area contributed by atoms with Crippen molar-refractivity contribution in [3.05, 3.63) is 0 Å².